The molecule has 0 spiro atoms. The van der Waals surface area contributed by atoms with Gasteiger partial charge >= 0.3 is 0 Å². The second-order valence-corrected chi connectivity index (χ2v) is 4.78. The van der Waals surface area contributed by atoms with E-state index in [1.807, 2.05) is 0 Å². The second-order valence-electron chi connectivity index (χ2n) is 4.78. The van der Waals surface area contributed by atoms with Crippen LogP contribution in [0, 0.1) is 5.82 Å². The maximum absolute atomic E-state index is 13.2. The van der Waals surface area contributed by atoms with Crippen molar-refractivity contribution >= 4 is 0 Å². The highest BCUT2D eigenvalue weighted by Crippen LogP contribution is 2.22. The van der Waals surface area contributed by atoms with Crippen molar-refractivity contribution in [3.63, 3.8) is 0 Å². The van der Waals surface area contributed by atoms with Crippen LogP contribution in [-0.4, -0.2) is 34.2 Å². The molecule has 0 radical (unpaired) electrons. The molecule has 1 aliphatic rings. The Morgan fingerprint density at radius 1 is 1.37 bits per heavy atom. The Balaban J connectivity index is 1.83. The quantitative estimate of drug-likeness (QED) is 0.887. The van der Waals surface area contributed by atoms with Gasteiger partial charge in [0.2, 0.25) is 0 Å². The lowest BCUT2D eigenvalue weighted by molar-refractivity contribution is 0.0409. The summed E-state index contributed by atoms with van der Waals surface area (Å²) in [5, 5.41) is 8.17. The van der Waals surface area contributed by atoms with Crippen LogP contribution < -0.4 is 5.73 Å². The summed E-state index contributed by atoms with van der Waals surface area (Å²) in [5.74, 6) is -0.282. The SMILES string of the molecule is NC1COCC(n2cc(-c3cccc(F)c3)nn2)C1. The molecule has 1 aromatic heterocycles. The number of hydrogen-bond acceptors (Lipinski definition) is 4. The third-order valence-corrected chi connectivity index (χ3v) is 3.22. The number of aromatic nitrogens is 3. The zero-order valence-corrected chi connectivity index (χ0v) is 10.4. The van der Waals surface area contributed by atoms with Crippen molar-refractivity contribution in [2.24, 2.45) is 5.73 Å². The summed E-state index contributed by atoms with van der Waals surface area (Å²) < 4.78 is 20.3. The highest BCUT2D eigenvalue weighted by Gasteiger charge is 2.22. The fourth-order valence-corrected chi connectivity index (χ4v) is 2.26. The van der Waals surface area contributed by atoms with E-state index < -0.39 is 0 Å². The topological polar surface area (TPSA) is 66.0 Å². The van der Waals surface area contributed by atoms with Crippen LogP contribution in [0.1, 0.15) is 12.5 Å². The molecule has 0 amide bonds. The Hall–Kier alpha value is -1.79. The number of ether oxygens (including phenoxy) is 1. The van der Waals surface area contributed by atoms with Crippen molar-refractivity contribution in [3.05, 3.63) is 36.3 Å². The van der Waals surface area contributed by atoms with Gasteiger partial charge in [0.1, 0.15) is 11.5 Å². The standard InChI is InChI=1S/C13H15FN4O/c14-10-3-1-2-9(4-10)13-6-18(17-16-13)12-5-11(15)7-19-8-12/h1-4,6,11-12H,5,7-8,15H2. The van der Waals surface area contributed by atoms with E-state index >= 15 is 0 Å². The van der Waals surface area contributed by atoms with E-state index in [2.05, 4.69) is 10.3 Å². The van der Waals surface area contributed by atoms with E-state index in [-0.39, 0.29) is 17.9 Å². The number of nitrogens with two attached hydrogens (primary N) is 1. The molecule has 2 aromatic rings. The van der Waals surface area contributed by atoms with Crippen LogP contribution in [0.25, 0.3) is 11.3 Å². The molecule has 19 heavy (non-hydrogen) atoms. The van der Waals surface area contributed by atoms with Crippen molar-refractivity contribution < 1.29 is 9.13 Å². The fraction of sp³-hybridized carbons (Fsp3) is 0.385. The third kappa shape index (κ3) is 2.64. The molecule has 0 aliphatic carbocycles. The molecule has 1 aliphatic heterocycles. The Morgan fingerprint density at radius 3 is 3.05 bits per heavy atom. The summed E-state index contributed by atoms with van der Waals surface area (Å²) in [7, 11) is 0. The largest absolute Gasteiger partial charge is 0.378 e. The lowest BCUT2D eigenvalue weighted by atomic mass is 10.1. The summed E-state index contributed by atoms with van der Waals surface area (Å²) in [6.07, 6.45) is 2.62. The van der Waals surface area contributed by atoms with E-state index in [0.29, 0.717) is 24.5 Å². The molecule has 100 valence electrons. The van der Waals surface area contributed by atoms with Gasteiger partial charge in [0.05, 0.1) is 25.5 Å². The molecule has 0 saturated carbocycles. The molecule has 2 heterocycles. The maximum atomic E-state index is 13.2. The Bertz CT molecular complexity index is 571. The number of benzene rings is 1. The highest BCUT2D eigenvalue weighted by atomic mass is 19.1. The zero-order valence-electron chi connectivity index (χ0n) is 10.4. The van der Waals surface area contributed by atoms with Gasteiger partial charge in [-0.3, -0.25) is 0 Å². The van der Waals surface area contributed by atoms with E-state index in [4.69, 9.17) is 10.5 Å². The van der Waals surface area contributed by atoms with E-state index in [1.54, 1.807) is 23.0 Å². The Kier molecular flexibility index (Phi) is 3.27. The van der Waals surface area contributed by atoms with Gasteiger partial charge in [0, 0.05) is 11.6 Å². The van der Waals surface area contributed by atoms with Crippen LogP contribution in [0.3, 0.4) is 0 Å². The number of rotatable bonds is 2. The first-order valence-corrected chi connectivity index (χ1v) is 6.23. The molecule has 2 atom stereocenters. The first-order valence-electron chi connectivity index (χ1n) is 6.23. The zero-order chi connectivity index (χ0) is 13.2. The lowest BCUT2D eigenvalue weighted by Gasteiger charge is -2.26. The van der Waals surface area contributed by atoms with Crippen molar-refractivity contribution in [3.8, 4) is 11.3 Å². The number of nitrogens with zero attached hydrogens (tertiary/aromatic N) is 3. The van der Waals surface area contributed by atoms with Gasteiger partial charge in [-0.25, -0.2) is 9.07 Å². The van der Waals surface area contributed by atoms with Crippen LogP contribution in [0.15, 0.2) is 30.5 Å². The summed E-state index contributed by atoms with van der Waals surface area (Å²) in [4.78, 5) is 0. The summed E-state index contributed by atoms with van der Waals surface area (Å²) in [6, 6.07) is 6.43. The normalized spacial score (nSPS) is 23.5. The van der Waals surface area contributed by atoms with Crippen LogP contribution >= 0.6 is 0 Å². The average Bonchev–Trinajstić information content (AvgIpc) is 2.88. The van der Waals surface area contributed by atoms with Crippen molar-refractivity contribution in [1.29, 1.82) is 0 Å². The molecule has 2 unspecified atom stereocenters. The van der Waals surface area contributed by atoms with Crippen molar-refractivity contribution in [2.45, 2.75) is 18.5 Å². The highest BCUT2D eigenvalue weighted by molar-refractivity contribution is 5.57. The Labute approximate surface area is 110 Å². The smallest absolute Gasteiger partial charge is 0.123 e. The molecule has 1 saturated heterocycles. The van der Waals surface area contributed by atoms with E-state index in [1.165, 1.54) is 12.1 Å². The first kappa shape index (κ1) is 12.3. The second kappa shape index (κ2) is 5.07. The third-order valence-electron chi connectivity index (χ3n) is 3.22. The summed E-state index contributed by atoms with van der Waals surface area (Å²) in [5.41, 5.74) is 7.23. The van der Waals surface area contributed by atoms with E-state index in [0.717, 1.165) is 6.42 Å². The molecule has 3 rings (SSSR count). The van der Waals surface area contributed by atoms with Crippen LogP contribution in [0.2, 0.25) is 0 Å². The molecule has 5 nitrogen and oxygen atoms in total. The first-order chi connectivity index (χ1) is 9.22. The van der Waals surface area contributed by atoms with Gasteiger partial charge in [-0.15, -0.1) is 5.10 Å². The summed E-state index contributed by atoms with van der Waals surface area (Å²) in [6.45, 7) is 1.17. The lowest BCUT2D eigenvalue weighted by Crippen LogP contribution is -2.37. The van der Waals surface area contributed by atoms with E-state index in [9.17, 15) is 4.39 Å². The molecular weight excluding hydrogens is 247 g/mol. The van der Waals surface area contributed by atoms with Crippen molar-refractivity contribution in [2.75, 3.05) is 13.2 Å². The molecule has 0 bridgehead atoms. The maximum Gasteiger partial charge on any atom is 0.123 e. The molecule has 2 N–H and O–H groups in total. The van der Waals surface area contributed by atoms with Gasteiger partial charge in [-0.05, 0) is 18.6 Å². The van der Waals surface area contributed by atoms with Crippen LogP contribution in [0.5, 0.6) is 0 Å². The van der Waals surface area contributed by atoms with Gasteiger partial charge in [-0.1, -0.05) is 17.3 Å². The fourth-order valence-electron chi connectivity index (χ4n) is 2.26. The minimum absolute atomic E-state index is 0.0283. The average molecular weight is 262 g/mol. The van der Waals surface area contributed by atoms with Gasteiger partial charge in [-0.2, -0.15) is 0 Å². The minimum atomic E-state index is -0.282. The monoisotopic (exact) mass is 262 g/mol. The molecule has 6 heteroatoms. The van der Waals surface area contributed by atoms with Gasteiger partial charge in [0.25, 0.3) is 0 Å². The number of hydrogen-bond donors (Lipinski definition) is 1. The number of halogens is 1. The molecule has 1 aromatic carbocycles. The van der Waals surface area contributed by atoms with Crippen LogP contribution in [-0.2, 0) is 4.74 Å². The molecular formula is C13H15FN4O. The predicted molar refractivity (Wildman–Crippen MR) is 67.9 cm³/mol. The van der Waals surface area contributed by atoms with Crippen molar-refractivity contribution in [1.82, 2.24) is 15.0 Å². The minimum Gasteiger partial charge on any atom is -0.378 e. The van der Waals surface area contributed by atoms with Gasteiger partial charge in [0.15, 0.2) is 0 Å². The summed E-state index contributed by atoms with van der Waals surface area (Å²) >= 11 is 0. The Morgan fingerprint density at radius 2 is 2.26 bits per heavy atom. The molecule has 1 fully saturated rings. The van der Waals surface area contributed by atoms with Crippen LogP contribution in [0.4, 0.5) is 4.39 Å². The van der Waals surface area contributed by atoms with Gasteiger partial charge < -0.3 is 10.5 Å². The predicted octanol–water partition coefficient (Wildman–Crippen LogP) is 1.37.